The van der Waals surface area contributed by atoms with Crippen LogP contribution in [0.4, 0.5) is 0 Å². The monoisotopic (exact) mass is 241 g/mol. The highest BCUT2D eigenvalue weighted by Gasteiger charge is 2.24. The molecule has 3 heteroatoms. The Bertz CT molecular complexity index is 540. The van der Waals surface area contributed by atoms with Crippen molar-refractivity contribution >= 4 is 0 Å². The van der Waals surface area contributed by atoms with Crippen LogP contribution in [0.1, 0.15) is 47.9 Å². The van der Waals surface area contributed by atoms with Crippen LogP contribution in [-0.2, 0) is 7.05 Å². The fourth-order valence-electron chi connectivity index (χ4n) is 2.67. The molecule has 3 rings (SSSR count). The first kappa shape index (κ1) is 11.5. The van der Waals surface area contributed by atoms with E-state index in [4.69, 9.17) is 5.73 Å². The Morgan fingerprint density at radius 2 is 2.11 bits per heavy atom. The predicted molar refractivity (Wildman–Crippen MR) is 72.3 cm³/mol. The Kier molecular flexibility index (Phi) is 2.92. The molecule has 94 valence electrons. The molecular weight excluding hydrogens is 222 g/mol. The minimum absolute atomic E-state index is 0.0597. The lowest BCUT2D eigenvalue weighted by Crippen LogP contribution is -2.18. The highest BCUT2D eigenvalue weighted by atomic mass is 15.2. The number of benzene rings is 1. The van der Waals surface area contributed by atoms with Crippen LogP contribution in [0.3, 0.4) is 0 Å². The molecule has 3 nitrogen and oxygen atoms in total. The standard InChI is InChI=1S/C15H19N3/c1-18-10-12(9-17-18)15(16)14-8-3-2-7-13(14)11-5-4-6-11/h2-3,7-11,15H,4-6,16H2,1H3. The zero-order valence-electron chi connectivity index (χ0n) is 10.7. The number of hydrogen-bond acceptors (Lipinski definition) is 2. The van der Waals surface area contributed by atoms with Gasteiger partial charge in [-0.2, -0.15) is 5.10 Å². The van der Waals surface area contributed by atoms with Crippen LogP contribution in [0.25, 0.3) is 0 Å². The molecule has 18 heavy (non-hydrogen) atoms. The molecule has 0 spiro atoms. The van der Waals surface area contributed by atoms with E-state index in [9.17, 15) is 0 Å². The summed E-state index contributed by atoms with van der Waals surface area (Å²) in [6.45, 7) is 0. The van der Waals surface area contributed by atoms with Crippen molar-refractivity contribution in [2.24, 2.45) is 12.8 Å². The zero-order valence-corrected chi connectivity index (χ0v) is 10.7. The Hall–Kier alpha value is -1.61. The maximum absolute atomic E-state index is 6.39. The Morgan fingerprint density at radius 3 is 2.72 bits per heavy atom. The van der Waals surface area contributed by atoms with Crippen molar-refractivity contribution < 1.29 is 0 Å². The van der Waals surface area contributed by atoms with Gasteiger partial charge in [0.15, 0.2) is 0 Å². The summed E-state index contributed by atoms with van der Waals surface area (Å²) in [4.78, 5) is 0. The summed E-state index contributed by atoms with van der Waals surface area (Å²) in [5, 5.41) is 4.21. The van der Waals surface area contributed by atoms with Gasteiger partial charge in [0.05, 0.1) is 12.2 Å². The van der Waals surface area contributed by atoms with Gasteiger partial charge in [-0.15, -0.1) is 0 Å². The van der Waals surface area contributed by atoms with Crippen LogP contribution in [0.2, 0.25) is 0 Å². The van der Waals surface area contributed by atoms with Crippen molar-refractivity contribution in [2.75, 3.05) is 0 Å². The average Bonchev–Trinajstić information content (AvgIpc) is 2.74. The molecule has 1 aromatic carbocycles. The van der Waals surface area contributed by atoms with Crippen LogP contribution in [0.5, 0.6) is 0 Å². The van der Waals surface area contributed by atoms with Gasteiger partial charge in [0.1, 0.15) is 0 Å². The van der Waals surface area contributed by atoms with E-state index in [-0.39, 0.29) is 6.04 Å². The third-order valence-corrected chi connectivity index (χ3v) is 3.96. The van der Waals surface area contributed by atoms with E-state index in [0.717, 1.165) is 5.56 Å². The van der Waals surface area contributed by atoms with Gasteiger partial charge < -0.3 is 5.73 Å². The van der Waals surface area contributed by atoms with Crippen molar-refractivity contribution in [1.29, 1.82) is 0 Å². The summed E-state index contributed by atoms with van der Waals surface area (Å²) in [5.74, 6) is 0.712. The third kappa shape index (κ3) is 1.95. The molecule has 1 heterocycles. The second kappa shape index (κ2) is 4.58. The second-order valence-electron chi connectivity index (χ2n) is 5.18. The molecule has 1 saturated carbocycles. The van der Waals surface area contributed by atoms with Crippen LogP contribution in [0, 0.1) is 0 Å². The first-order valence-corrected chi connectivity index (χ1v) is 6.58. The molecule has 2 aromatic rings. The summed E-state index contributed by atoms with van der Waals surface area (Å²) in [6, 6.07) is 8.53. The number of nitrogens with two attached hydrogens (primary N) is 1. The molecular formula is C15H19N3. The van der Waals surface area contributed by atoms with Gasteiger partial charge in [-0.1, -0.05) is 30.7 Å². The number of rotatable bonds is 3. The van der Waals surface area contributed by atoms with E-state index in [1.165, 1.54) is 30.4 Å². The van der Waals surface area contributed by atoms with Crippen molar-refractivity contribution in [3.8, 4) is 0 Å². The molecule has 2 N–H and O–H groups in total. The summed E-state index contributed by atoms with van der Waals surface area (Å²) in [5.41, 5.74) is 10.2. The van der Waals surface area contributed by atoms with Crippen LogP contribution < -0.4 is 5.73 Å². The topological polar surface area (TPSA) is 43.8 Å². The van der Waals surface area contributed by atoms with E-state index >= 15 is 0 Å². The van der Waals surface area contributed by atoms with Crippen LogP contribution >= 0.6 is 0 Å². The highest BCUT2D eigenvalue weighted by molar-refractivity contribution is 5.38. The molecule has 0 amide bonds. The lowest BCUT2D eigenvalue weighted by atomic mass is 9.77. The van der Waals surface area contributed by atoms with Gasteiger partial charge in [-0.25, -0.2) is 0 Å². The van der Waals surface area contributed by atoms with E-state index in [2.05, 4.69) is 29.4 Å². The van der Waals surface area contributed by atoms with E-state index in [0.29, 0.717) is 5.92 Å². The normalized spacial score (nSPS) is 17.4. The van der Waals surface area contributed by atoms with Gasteiger partial charge in [0, 0.05) is 18.8 Å². The zero-order chi connectivity index (χ0) is 12.5. The molecule has 0 saturated heterocycles. The summed E-state index contributed by atoms with van der Waals surface area (Å²) >= 11 is 0. The predicted octanol–water partition coefficient (Wildman–Crippen LogP) is 2.74. The fraction of sp³-hybridized carbons (Fsp3) is 0.400. The molecule has 0 radical (unpaired) electrons. The fourth-order valence-corrected chi connectivity index (χ4v) is 2.67. The van der Waals surface area contributed by atoms with E-state index in [1.807, 2.05) is 19.4 Å². The maximum atomic E-state index is 6.39. The van der Waals surface area contributed by atoms with Gasteiger partial charge in [0.2, 0.25) is 0 Å². The number of hydrogen-bond donors (Lipinski definition) is 1. The molecule has 1 atom stereocenters. The molecule has 0 bridgehead atoms. The van der Waals surface area contributed by atoms with Gasteiger partial charge in [-0.3, -0.25) is 4.68 Å². The lowest BCUT2D eigenvalue weighted by molar-refractivity contribution is 0.416. The van der Waals surface area contributed by atoms with Crippen molar-refractivity contribution in [1.82, 2.24) is 9.78 Å². The lowest BCUT2D eigenvalue weighted by Gasteiger charge is -2.29. The molecule has 1 aromatic heterocycles. The van der Waals surface area contributed by atoms with Crippen LogP contribution in [-0.4, -0.2) is 9.78 Å². The van der Waals surface area contributed by atoms with Crippen molar-refractivity contribution in [3.05, 3.63) is 53.3 Å². The van der Waals surface area contributed by atoms with Gasteiger partial charge in [0.25, 0.3) is 0 Å². The maximum Gasteiger partial charge on any atom is 0.0585 e. The van der Waals surface area contributed by atoms with Gasteiger partial charge in [-0.05, 0) is 29.9 Å². The quantitative estimate of drug-likeness (QED) is 0.898. The summed E-state index contributed by atoms with van der Waals surface area (Å²) in [6.07, 6.45) is 7.82. The smallest absolute Gasteiger partial charge is 0.0585 e. The molecule has 0 aliphatic heterocycles. The molecule has 1 fully saturated rings. The highest BCUT2D eigenvalue weighted by Crippen LogP contribution is 2.39. The molecule has 1 aliphatic rings. The molecule has 1 unspecified atom stereocenters. The minimum atomic E-state index is -0.0597. The van der Waals surface area contributed by atoms with Crippen molar-refractivity contribution in [2.45, 2.75) is 31.2 Å². The van der Waals surface area contributed by atoms with E-state index < -0.39 is 0 Å². The largest absolute Gasteiger partial charge is 0.320 e. The average molecular weight is 241 g/mol. The van der Waals surface area contributed by atoms with E-state index in [1.54, 1.807) is 4.68 Å². The second-order valence-corrected chi connectivity index (χ2v) is 5.18. The van der Waals surface area contributed by atoms with Crippen molar-refractivity contribution in [3.63, 3.8) is 0 Å². The summed E-state index contributed by atoms with van der Waals surface area (Å²) < 4.78 is 1.81. The summed E-state index contributed by atoms with van der Waals surface area (Å²) in [7, 11) is 1.92. The first-order chi connectivity index (χ1) is 8.75. The Balaban J connectivity index is 1.95. The molecule has 1 aliphatic carbocycles. The number of aryl methyl sites for hydroxylation is 1. The minimum Gasteiger partial charge on any atom is -0.320 e. The SMILES string of the molecule is Cn1cc(C(N)c2ccccc2C2CCC2)cn1. The number of aromatic nitrogens is 2. The third-order valence-electron chi connectivity index (χ3n) is 3.96. The Labute approximate surface area is 108 Å². The number of nitrogens with zero attached hydrogens (tertiary/aromatic N) is 2. The van der Waals surface area contributed by atoms with Gasteiger partial charge >= 0.3 is 0 Å². The Morgan fingerprint density at radius 1 is 1.33 bits per heavy atom. The first-order valence-electron chi connectivity index (χ1n) is 6.58. The van der Waals surface area contributed by atoms with Crippen LogP contribution in [0.15, 0.2) is 36.7 Å².